The Bertz CT molecular complexity index is 441. The van der Waals surface area contributed by atoms with Crippen LogP contribution >= 0.6 is 0 Å². The second-order valence-electron chi connectivity index (χ2n) is 2.87. The zero-order valence-electron chi connectivity index (χ0n) is 7.67. The third-order valence-electron chi connectivity index (χ3n) is 1.79. The van der Waals surface area contributed by atoms with Crippen molar-refractivity contribution in [2.24, 2.45) is 0 Å². The predicted molar refractivity (Wildman–Crippen MR) is 50.1 cm³/mol. The van der Waals surface area contributed by atoms with E-state index in [1.807, 2.05) is 0 Å². The van der Waals surface area contributed by atoms with Gasteiger partial charge in [-0.25, -0.2) is 18.7 Å². The maximum Gasteiger partial charge on any atom is 0.168 e. The molecular weight excluding hydrogens is 202 g/mol. The number of nitrogens with one attached hydrogen (secondary N) is 2. The average Bonchev–Trinajstić information content (AvgIpc) is 2.69. The van der Waals surface area contributed by atoms with Crippen molar-refractivity contribution in [3.05, 3.63) is 42.1 Å². The van der Waals surface area contributed by atoms with Crippen LogP contribution < -0.4 is 5.32 Å². The highest BCUT2D eigenvalue weighted by Gasteiger charge is 2.05. The van der Waals surface area contributed by atoms with E-state index >= 15 is 0 Å². The van der Waals surface area contributed by atoms with Gasteiger partial charge in [0.2, 0.25) is 0 Å². The van der Waals surface area contributed by atoms with Gasteiger partial charge in [0.1, 0.15) is 11.6 Å². The first-order valence-corrected chi connectivity index (χ1v) is 4.29. The first kappa shape index (κ1) is 9.57. The molecule has 2 N–H and O–H groups in total. The van der Waals surface area contributed by atoms with Gasteiger partial charge in [-0.15, -0.1) is 0 Å². The Balaban J connectivity index is 2.05. The highest BCUT2D eigenvalue weighted by molar-refractivity contribution is 5.35. The van der Waals surface area contributed by atoms with Gasteiger partial charge in [0.25, 0.3) is 0 Å². The van der Waals surface area contributed by atoms with Crippen LogP contribution in [0.25, 0.3) is 0 Å². The molecule has 2 rings (SSSR count). The molecule has 6 heteroatoms. The van der Waals surface area contributed by atoms with Crippen molar-refractivity contribution in [1.29, 1.82) is 0 Å². The zero-order valence-corrected chi connectivity index (χ0v) is 7.67. The molecule has 0 aliphatic carbocycles. The van der Waals surface area contributed by atoms with Crippen molar-refractivity contribution in [3.8, 4) is 0 Å². The minimum Gasteiger partial charge on any atom is -0.360 e. The molecule has 0 radical (unpaired) electrons. The Kier molecular flexibility index (Phi) is 2.57. The van der Waals surface area contributed by atoms with Gasteiger partial charge >= 0.3 is 0 Å². The normalized spacial score (nSPS) is 10.3. The van der Waals surface area contributed by atoms with Gasteiger partial charge in [-0.3, -0.25) is 0 Å². The molecule has 0 amide bonds. The molecule has 4 nitrogen and oxygen atoms in total. The van der Waals surface area contributed by atoms with Gasteiger partial charge in [0.15, 0.2) is 11.6 Å². The van der Waals surface area contributed by atoms with Crippen LogP contribution in [-0.2, 0) is 6.54 Å². The van der Waals surface area contributed by atoms with E-state index in [-0.39, 0.29) is 5.82 Å². The van der Waals surface area contributed by atoms with E-state index in [4.69, 9.17) is 0 Å². The van der Waals surface area contributed by atoms with E-state index in [1.54, 1.807) is 12.4 Å². The lowest BCUT2D eigenvalue weighted by atomic mass is 10.4. The standard InChI is InChI=1S/C9H8F2N4/c10-6-3-7(11)9(14-4-6)15-5-8-12-1-2-13-8/h1-4H,5H2,(H,12,13)(H,14,15). The molecule has 15 heavy (non-hydrogen) atoms. The number of hydrogen-bond donors (Lipinski definition) is 2. The van der Waals surface area contributed by atoms with Crippen molar-refractivity contribution in [2.75, 3.05) is 5.32 Å². The summed E-state index contributed by atoms with van der Waals surface area (Å²) in [4.78, 5) is 10.4. The number of anilines is 1. The van der Waals surface area contributed by atoms with Crippen molar-refractivity contribution < 1.29 is 8.78 Å². The van der Waals surface area contributed by atoms with Crippen LogP contribution in [-0.4, -0.2) is 15.0 Å². The highest BCUT2D eigenvalue weighted by atomic mass is 19.1. The molecule has 0 atom stereocenters. The monoisotopic (exact) mass is 210 g/mol. The molecule has 0 unspecified atom stereocenters. The van der Waals surface area contributed by atoms with Crippen molar-refractivity contribution >= 4 is 5.82 Å². The van der Waals surface area contributed by atoms with E-state index in [1.165, 1.54) is 0 Å². The lowest BCUT2D eigenvalue weighted by Crippen LogP contribution is -2.05. The lowest BCUT2D eigenvalue weighted by Gasteiger charge is -2.03. The minimum absolute atomic E-state index is 0.00722. The summed E-state index contributed by atoms with van der Waals surface area (Å²) in [5, 5.41) is 2.70. The summed E-state index contributed by atoms with van der Waals surface area (Å²) < 4.78 is 25.6. The number of pyridine rings is 1. The summed E-state index contributed by atoms with van der Waals surface area (Å²) in [5.41, 5.74) is 0. The third kappa shape index (κ3) is 2.28. The van der Waals surface area contributed by atoms with Crippen LogP contribution in [0.1, 0.15) is 5.82 Å². The van der Waals surface area contributed by atoms with Gasteiger partial charge in [0, 0.05) is 18.5 Å². The van der Waals surface area contributed by atoms with Crippen LogP contribution in [0.15, 0.2) is 24.7 Å². The number of imidazole rings is 1. The van der Waals surface area contributed by atoms with E-state index in [9.17, 15) is 8.78 Å². The Hall–Kier alpha value is -1.98. The van der Waals surface area contributed by atoms with Gasteiger partial charge < -0.3 is 10.3 Å². The summed E-state index contributed by atoms with van der Waals surface area (Å²) in [6.07, 6.45) is 4.20. The molecule has 0 aliphatic rings. The SMILES string of the molecule is Fc1cnc(NCc2ncc[nH]2)c(F)c1. The fourth-order valence-corrected chi connectivity index (χ4v) is 1.11. The first-order chi connectivity index (χ1) is 7.25. The van der Waals surface area contributed by atoms with Crippen LogP contribution in [0.4, 0.5) is 14.6 Å². The number of aromatic nitrogens is 3. The van der Waals surface area contributed by atoms with Crippen molar-refractivity contribution in [3.63, 3.8) is 0 Å². The first-order valence-electron chi connectivity index (χ1n) is 4.29. The van der Waals surface area contributed by atoms with Gasteiger partial charge in [-0.2, -0.15) is 0 Å². The quantitative estimate of drug-likeness (QED) is 0.810. The van der Waals surface area contributed by atoms with E-state index < -0.39 is 11.6 Å². The van der Waals surface area contributed by atoms with Crippen molar-refractivity contribution in [2.45, 2.75) is 6.54 Å². The Labute approximate surface area is 84.4 Å². The third-order valence-corrected chi connectivity index (χ3v) is 1.79. The van der Waals surface area contributed by atoms with Crippen LogP contribution in [0.2, 0.25) is 0 Å². The highest BCUT2D eigenvalue weighted by Crippen LogP contribution is 2.11. The summed E-state index contributed by atoms with van der Waals surface area (Å²) in [7, 11) is 0. The fourth-order valence-electron chi connectivity index (χ4n) is 1.11. The van der Waals surface area contributed by atoms with E-state index in [2.05, 4.69) is 20.3 Å². The Morgan fingerprint density at radius 3 is 2.87 bits per heavy atom. The van der Waals surface area contributed by atoms with E-state index in [0.717, 1.165) is 12.3 Å². The molecule has 0 bridgehead atoms. The summed E-state index contributed by atoms with van der Waals surface area (Å²) in [6, 6.07) is 0.775. The molecule has 0 saturated heterocycles. The predicted octanol–water partition coefficient (Wildman–Crippen LogP) is 1.69. The molecule has 0 spiro atoms. The molecule has 0 fully saturated rings. The second kappa shape index (κ2) is 4.04. The number of hydrogen-bond acceptors (Lipinski definition) is 3. The number of H-pyrrole nitrogens is 1. The number of halogens is 2. The average molecular weight is 210 g/mol. The topological polar surface area (TPSA) is 53.6 Å². The Morgan fingerprint density at radius 2 is 2.20 bits per heavy atom. The summed E-state index contributed by atoms with van der Waals surface area (Å²) in [6.45, 7) is 0.308. The molecule has 0 aromatic carbocycles. The van der Waals surface area contributed by atoms with Crippen molar-refractivity contribution in [1.82, 2.24) is 15.0 Å². The van der Waals surface area contributed by atoms with Crippen LogP contribution in [0, 0.1) is 11.6 Å². The number of rotatable bonds is 3. The smallest absolute Gasteiger partial charge is 0.168 e. The molecule has 2 aromatic rings. The van der Waals surface area contributed by atoms with Crippen LogP contribution in [0.3, 0.4) is 0 Å². The van der Waals surface area contributed by atoms with Gasteiger partial charge in [-0.05, 0) is 0 Å². The largest absolute Gasteiger partial charge is 0.360 e. The maximum absolute atomic E-state index is 13.1. The van der Waals surface area contributed by atoms with Gasteiger partial charge in [0.05, 0.1) is 12.7 Å². The molecule has 2 aromatic heterocycles. The summed E-state index contributed by atoms with van der Waals surface area (Å²) >= 11 is 0. The number of aromatic amines is 1. The minimum atomic E-state index is -0.721. The maximum atomic E-state index is 13.1. The summed E-state index contributed by atoms with van der Waals surface area (Å²) in [5.74, 6) is -0.758. The Morgan fingerprint density at radius 1 is 1.33 bits per heavy atom. The molecule has 0 aliphatic heterocycles. The van der Waals surface area contributed by atoms with E-state index in [0.29, 0.717) is 12.4 Å². The molecule has 78 valence electrons. The molecule has 0 saturated carbocycles. The number of nitrogens with zero attached hydrogens (tertiary/aromatic N) is 2. The molecule has 2 heterocycles. The lowest BCUT2D eigenvalue weighted by molar-refractivity contribution is 0.575. The fraction of sp³-hybridized carbons (Fsp3) is 0.111. The second-order valence-corrected chi connectivity index (χ2v) is 2.87. The van der Waals surface area contributed by atoms with Crippen LogP contribution in [0.5, 0.6) is 0 Å². The zero-order chi connectivity index (χ0) is 10.7. The molecular formula is C9H8F2N4. The van der Waals surface area contributed by atoms with Gasteiger partial charge in [-0.1, -0.05) is 0 Å².